The molecule has 0 aliphatic carbocycles. The van der Waals surface area contributed by atoms with E-state index in [4.69, 9.17) is 26.3 Å². The third-order valence-electron chi connectivity index (χ3n) is 1.27. The third kappa shape index (κ3) is 1.76. The maximum Gasteiger partial charge on any atom is 0.270 e. The van der Waals surface area contributed by atoms with Crippen molar-refractivity contribution in [2.24, 2.45) is 5.41 Å². The Morgan fingerprint density at radius 1 is 0.929 bits per heavy atom. The number of hydrogen-bond donors (Lipinski definition) is 0. The molecule has 5 nitrogen and oxygen atoms in total. The van der Waals surface area contributed by atoms with E-state index in [0.717, 1.165) is 6.08 Å². The summed E-state index contributed by atoms with van der Waals surface area (Å²) in [5.74, 6) is 0. The maximum absolute atomic E-state index is 8.57. The Kier molecular flexibility index (Phi) is 3.74. The molecule has 0 amide bonds. The van der Waals surface area contributed by atoms with Crippen molar-refractivity contribution in [3.63, 3.8) is 0 Å². The van der Waals surface area contributed by atoms with E-state index in [-0.39, 0.29) is 0 Å². The van der Waals surface area contributed by atoms with Crippen molar-refractivity contribution in [1.82, 2.24) is 0 Å². The molecule has 0 saturated heterocycles. The second kappa shape index (κ2) is 4.77. The van der Waals surface area contributed by atoms with Gasteiger partial charge in [-0.3, -0.25) is 0 Å². The van der Waals surface area contributed by atoms with Crippen LogP contribution in [0.1, 0.15) is 0 Å². The normalized spacial score (nSPS) is 7.36. The minimum Gasteiger partial charge on any atom is -0.195 e. The number of allylic oxidation sites excluding steroid dienone is 1. The Balaban J connectivity index is 5.79. The van der Waals surface area contributed by atoms with E-state index >= 15 is 0 Å². The molecule has 0 aromatic heterocycles. The fourth-order valence-electron chi connectivity index (χ4n) is 0.572. The van der Waals surface area contributed by atoms with Gasteiger partial charge in [0.25, 0.3) is 5.41 Å². The average Bonchev–Trinajstić information content (AvgIpc) is 2.25. The van der Waals surface area contributed by atoms with Crippen LogP contribution in [0.15, 0.2) is 17.4 Å². The molecule has 62 valence electrons. The van der Waals surface area contributed by atoms with Crippen LogP contribution in [-0.4, -0.2) is 0 Å². The van der Waals surface area contributed by atoms with Gasteiger partial charge in [-0.25, -0.2) is 0 Å². The van der Waals surface area contributed by atoms with Crippen LogP contribution < -0.4 is 0 Å². The second-order valence-electron chi connectivity index (χ2n) is 1.99. The third-order valence-corrected chi connectivity index (χ3v) is 1.27. The highest BCUT2D eigenvalue weighted by Crippen LogP contribution is 2.23. The van der Waals surface area contributed by atoms with Crippen molar-refractivity contribution in [2.75, 3.05) is 0 Å². The number of hydrogen-bond acceptors (Lipinski definition) is 5. The lowest BCUT2D eigenvalue weighted by Gasteiger charge is -2.02. The first kappa shape index (κ1) is 11.0. The Hall–Kier alpha value is -3.03. The molecular formula is C9HN5. The topological polar surface area (TPSA) is 119 Å². The Morgan fingerprint density at radius 2 is 1.43 bits per heavy atom. The molecule has 0 atom stereocenters. The van der Waals surface area contributed by atoms with Gasteiger partial charge in [-0.05, 0) is 0 Å². The Bertz CT molecular complexity index is 464. The summed E-state index contributed by atoms with van der Waals surface area (Å²) in [6.07, 6.45) is 0.805. The van der Waals surface area contributed by atoms with Crippen LogP contribution in [0, 0.1) is 62.1 Å². The molecule has 5 heteroatoms. The molecule has 0 aliphatic rings. The molecule has 0 aromatic rings. The number of nitrogens with zero attached hydrogens (tertiary/aromatic N) is 5. The summed E-state index contributed by atoms with van der Waals surface area (Å²) in [5.41, 5.74) is -0.544. The summed E-state index contributed by atoms with van der Waals surface area (Å²) >= 11 is 0. The first-order valence-corrected chi connectivity index (χ1v) is 3.20. The highest BCUT2D eigenvalue weighted by Gasteiger charge is 2.35. The standard InChI is InChI=1S/C9HN5/c10-3-1-2-8(4-11)9(5-12,6-13)7-14/h1H. The smallest absolute Gasteiger partial charge is 0.195 e. The summed E-state index contributed by atoms with van der Waals surface area (Å²) in [5, 5.41) is 42.4. The molecule has 0 radical (unpaired) electrons. The van der Waals surface area contributed by atoms with E-state index in [9.17, 15) is 0 Å². The zero-order chi connectivity index (χ0) is 11.0. The minimum absolute atomic E-state index is 0.480. The maximum atomic E-state index is 8.57. The first-order valence-electron chi connectivity index (χ1n) is 3.20. The molecule has 0 saturated carbocycles. The predicted molar refractivity (Wildman–Crippen MR) is 42.1 cm³/mol. The van der Waals surface area contributed by atoms with Gasteiger partial charge in [-0.1, -0.05) is 5.73 Å². The molecule has 0 rings (SSSR count). The lowest BCUT2D eigenvalue weighted by Crippen LogP contribution is -2.15. The van der Waals surface area contributed by atoms with Crippen LogP contribution >= 0.6 is 0 Å². The zero-order valence-electron chi connectivity index (χ0n) is 6.81. The second-order valence-corrected chi connectivity index (χ2v) is 1.99. The highest BCUT2D eigenvalue weighted by molar-refractivity contribution is 5.48. The van der Waals surface area contributed by atoms with E-state index < -0.39 is 11.0 Å². The van der Waals surface area contributed by atoms with Crippen LogP contribution in [0.2, 0.25) is 0 Å². The fraction of sp³-hybridized carbons (Fsp3) is 0.111. The zero-order valence-corrected chi connectivity index (χ0v) is 6.81. The Morgan fingerprint density at radius 3 is 1.71 bits per heavy atom. The van der Waals surface area contributed by atoms with E-state index in [1.807, 2.05) is 0 Å². The molecule has 0 fully saturated rings. The lowest BCUT2D eigenvalue weighted by molar-refractivity contribution is 0.837. The van der Waals surface area contributed by atoms with Crippen LogP contribution in [0.5, 0.6) is 0 Å². The first-order chi connectivity index (χ1) is 6.70. The summed E-state index contributed by atoms with van der Waals surface area (Å²) in [7, 11) is 0. The van der Waals surface area contributed by atoms with Crippen molar-refractivity contribution >= 4 is 0 Å². The summed E-state index contributed by atoms with van der Waals surface area (Å²) in [6, 6.07) is 7.23. The predicted octanol–water partition coefficient (Wildman–Crippen LogP) is 0.672. The molecule has 0 heterocycles. The van der Waals surface area contributed by atoms with Crippen molar-refractivity contribution in [3.05, 3.63) is 17.4 Å². The van der Waals surface area contributed by atoms with Gasteiger partial charge in [0.15, 0.2) is 0 Å². The molecule has 0 spiro atoms. The van der Waals surface area contributed by atoms with Gasteiger partial charge < -0.3 is 0 Å². The van der Waals surface area contributed by atoms with E-state index in [1.54, 1.807) is 6.07 Å². The number of nitriles is 5. The summed E-state index contributed by atoms with van der Waals surface area (Å²) in [4.78, 5) is 0. The van der Waals surface area contributed by atoms with Crippen LogP contribution in [0.3, 0.4) is 0 Å². The van der Waals surface area contributed by atoms with Crippen molar-refractivity contribution in [1.29, 1.82) is 26.3 Å². The quantitative estimate of drug-likeness (QED) is 0.432. The summed E-state index contributed by atoms with van der Waals surface area (Å²) in [6.45, 7) is 0. The molecule has 0 aliphatic heterocycles. The van der Waals surface area contributed by atoms with Gasteiger partial charge in [0, 0.05) is 0 Å². The largest absolute Gasteiger partial charge is 0.270 e. The number of rotatable bonds is 1. The molecule has 0 unspecified atom stereocenters. The van der Waals surface area contributed by atoms with Crippen molar-refractivity contribution < 1.29 is 0 Å². The van der Waals surface area contributed by atoms with Gasteiger partial charge in [0.05, 0.1) is 12.1 Å². The van der Waals surface area contributed by atoms with Gasteiger partial charge in [0.2, 0.25) is 0 Å². The Labute approximate surface area is 80.2 Å². The van der Waals surface area contributed by atoms with Gasteiger partial charge in [0.1, 0.15) is 29.8 Å². The summed E-state index contributed by atoms with van der Waals surface area (Å²) < 4.78 is 0. The van der Waals surface area contributed by atoms with Crippen LogP contribution in [-0.2, 0) is 0 Å². The fourth-order valence-corrected chi connectivity index (χ4v) is 0.572. The molecule has 14 heavy (non-hydrogen) atoms. The van der Waals surface area contributed by atoms with Crippen molar-refractivity contribution in [3.8, 4) is 30.3 Å². The van der Waals surface area contributed by atoms with Crippen LogP contribution in [0.4, 0.5) is 0 Å². The minimum atomic E-state index is -2.18. The molecule has 0 aromatic carbocycles. The van der Waals surface area contributed by atoms with Crippen LogP contribution in [0.25, 0.3) is 0 Å². The monoisotopic (exact) mass is 179 g/mol. The van der Waals surface area contributed by atoms with E-state index in [0.29, 0.717) is 0 Å². The highest BCUT2D eigenvalue weighted by atomic mass is 14.4. The van der Waals surface area contributed by atoms with Gasteiger partial charge in [-0.2, -0.15) is 26.3 Å². The van der Waals surface area contributed by atoms with Gasteiger partial charge in [-0.15, -0.1) is 0 Å². The van der Waals surface area contributed by atoms with E-state index in [1.165, 1.54) is 24.3 Å². The molecular weight excluding hydrogens is 178 g/mol. The van der Waals surface area contributed by atoms with E-state index in [2.05, 4.69) is 5.73 Å². The SMILES string of the molecule is N#CC=C=C(C#N)C(C#N)(C#N)C#N. The van der Waals surface area contributed by atoms with Crippen molar-refractivity contribution in [2.45, 2.75) is 0 Å². The molecule has 0 N–H and O–H groups in total. The average molecular weight is 179 g/mol. The van der Waals surface area contributed by atoms with Gasteiger partial charge >= 0.3 is 0 Å². The lowest BCUT2D eigenvalue weighted by atomic mass is 9.86. The molecule has 0 bridgehead atoms.